The molecule has 0 fully saturated rings. The van der Waals surface area contributed by atoms with Crippen molar-refractivity contribution < 1.29 is 90.0 Å². The Labute approximate surface area is 850 Å². The number of nitrogens with zero attached hydrogens (tertiary/aromatic N) is 5. The Hall–Kier alpha value is -9.09. The third-order valence-corrected chi connectivity index (χ3v) is 25.2. The van der Waals surface area contributed by atoms with Crippen LogP contribution in [-0.4, -0.2) is 57.6 Å². The van der Waals surface area contributed by atoms with Gasteiger partial charge in [-0.15, -0.1) is 98.9 Å². The second-order valence-corrected chi connectivity index (χ2v) is 40.8. The summed E-state index contributed by atoms with van der Waals surface area (Å²) < 4.78 is 0. The van der Waals surface area contributed by atoms with E-state index in [9.17, 15) is 29.7 Å². The molecule has 0 atom stereocenters. The van der Waals surface area contributed by atoms with Crippen LogP contribution in [0.15, 0.2) is 206 Å². The first kappa shape index (κ1) is 116. The van der Waals surface area contributed by atoms with Crippen LogP contribution < -0.4 is 0 Å². The first-order valence-electron chi connectivity index (χ1n) is 49.0. The van der Waals surface area contributed by atoms with E-state index in [1.165, 1.54) is 78.2 Å². The number of hydrogen-bond acceptors (Lipinski definition) is 11. The van der Waals surface area contributed by atoms with Gasteiger partial charge in [-0.3, -0.25) is 29.3 Å². The number of aliphatic hydroxyl groups excluding tert-OH is 3. The maximum absolute atomic E-state index is 11.7. The van der Waals surface area contributed by atoms with Crippen LogP contribution in [0.3, 0.4) is 0 Å². The molecule has 135 heavy (non-hydrogen) atoms. The van der Waals surface area contributed by atoms with E-state index in [1.807, 2.05) is 102 Å². The summed E-state index contributed by atoms with van der Waals surface area (Å²) in [5.74, 6) is 1.64. The van der Waals surface area contributed by atoms with Crippen LogP contribution >= 0.6 is 0 Å². The molecule has 11 nitrogen and oxygen atoms in total. The fourth-order valence-corrected chi connectivity index (χ4v) is 17.9. The number of rotatable bonds is 27. The zero-order chi connectivity index (χ0) is 97.3. The number of allylic oxidation sites excluding steroid dienone is 6. The fourth-order valence-electron chi connectivity index (χ4n) is 17.9. The maximum Gasteiger partial charge on any atom is 0.162 e. The molecule has 14 heteroatoms. The van der Waals surface area contributed by atoms with Gasteiger partial charge in [0.25, 0.3) is 0 Å². The topological polar surface area (TPSA) is 176 Å². The Kier molecular flexibility index (Phi) is 46.3. The SMILES string of the molecule is CC(C)(C)Cc1ccc2c(ccc3ccnc(-c4[c-]c5ccccc5c(C(C)(C)C)c4)c32)n1.CCC(CC)C(=O)C=C(O)C(CC)CC.CCC(CC)C(=O)C=C(O)C(CC)CC.CCC(CC)C(=O)C=C(O)C(CC)CC.Cc1[c-]c(-c2nccc3ccc4c(CC(C)(C)C)cccc4c23)cc(C)c1.Cc1[c-]c(-c2nccc3ccc4nc(CC(C)(C)C)ccc4c23)cc(C)c1.[Ir].[Ir].[Ir]. The van der Waals surface area contributed by atoms with Crippen molar-refractivity contribution in [2.45, 2.75) is 296 Å². The summed E-state index contributed by atoms with van der Waals surface area (Å²) >= 11 is 0. The van der Waals surface area contributed by atoms with E-state index in [4.69, 9.17) is 24.9 Å². The van der Waals surface area contributed by atoms with E-state index < -0.39 is 0 Å². The summed E-state index contributed by atoms with van der Waals surface area (Å²) in [6, 6.07) is 65.0. The van der Waals surface area contributed by atoms with Crippen molar-refractivity contribution in [1.29, 1.82) is 0 Å². The summed E-state index contributed by atoms with van der Waals surface area (Å²) in [4.78, 5) is 59.5. The number of aliphatic hydroxyl groups is 3. The van der Waals surface area contributed by atoms with E-state index in [0.717, 1.165) is 191 Å². The van der Waals surface area contributed by atoms with Gasteiger partial charge in [-0.25, -0.2) is 0 Å². The normalized spacial score (nSPS) is 12.1. The number of carbonyl (C=O) groups is 3. The van der Waals surface area contributed by atoms with E-state index in [1.54, 1.807) is 0 Å². The molecule has 13 rings (SSSR count). The predicted octanol–water partition coefficient (Wildman–Crippen LogP) is 33.4. The van der Waals surface area contributed by atoms with Crippen molar-refractivity contribution >= 4 is 93.0 Å². The molecule has 5 heterocycles. The van der Waals surface area contributed by atoms with Crippen LogP contribution in [0, 0.1) is 97.6 Å². The fraction of sp³-hybridized carbons (Fsp3) is 0.438. The number of aryl methyl sites for hydroxylation is 4. The van der Waals surface area contributed by atoms with Crippen LogP contribution in [0.2, 0.25) is 0 Å². The zero-order valence-electron chi connectivity index (χ0n) is 86.3. The monoisotopic (exact) mass is 2350 g/mol. The van der Waals surface area contributed by atoms with Crippen molar-refractivity contribution in [3.63, 3.8) is 0 Å². The Morgan fingerprint density at radius 3 is 0.985 bits per heavy atom. The van der Waals surface area contributed by atoms with Gasteiger partial charge in [-0.2, -0.15) is 0 Å². The number of ketones is 3. The summed E-state index contributed by atoms with van der Waals surface area (Å²) in [5, 5.41) is 43.7. The molecule has 13 aromatic rings. The van der Waals surface area contributed by atoms with Gasteiger partial charge in [0.15, 0.2) is 17.3 Å². The standard InChI is InChI=1S/C31H31N2.C26H26N.C25H25N2.3C13H24O2.3Ir/c1-30(2,3)19-23-12-13-25-27(33-23)14-11-20-15-16-32-29(28(20)25)22-17-21-9-7-8-10-24(21)26(18-22)31(4,5)6;1-17-13-18(2)15-21(14-17)25-24-19(11-12-27-25)9-10-22-20(16-26(3,4)5)7-6-8-23(22)24;1-16-12-17(2)14-19(13-16)24-23-18(10-11-26-24)6-9-22-21(23)8-7-20(27-22)15-25(3,4)5;3*1-5-10(6-2)12(14)9-13(15)11(7-3)8-4;;;/h7-16,18H,19H2,1-6H3;6-14H,16H2,1-5H3;6-13H,15H2,1-5H3;3*9-11,14H,5-8H2,1-4H3;;;/q3*-1;;;;;;. The maximum atomic E-state index is 11.7. The van der Waals surface area contributed by atoms with Crippen molar-refractivity contribution in [1.82, 2.24) is 24.9 Å². The van der Waals surface area contributed by atoms with Crippen LogP contribution in [-0.2, 0) is 99.4 Å². The molecule has 0 bridgehead atoms. The Balaban J connectivity index is 0.000000294. The zero-order valence-corrected chi connectivity index (χ0v) is 93.5. The van der Waals surface area contributed by atoms with E-state index >= 15 is 0 Å². The molecule has 0 saturated heterocycles. The quantitative estimate of drug-likeness (QED) is 0.0193. The minimum absolute atomic E-state index is 0. The Morgan fingerprint density at radius 2 is 0.652 bits per heavy atom. The van der Waals surface area contributed by atoms with Crippen LogP contribution in [0.25, 0.3) is 109 Å². The first-order chi connectivity index (χ1) is 62.5. The summed E-state index contributed by atoms with van der Waals surface area (Å²) in [6.45, 7) is 59.8. The third kappa shape index (κ3) is 32.8. The van der Waals surface area contributed by atoms with Gasteiger partial charge < -0.3 is 25.3 Å². The molecule has 0 amide bonds. The average Bonchev–Trinajstić information content (AvgIpc) is 0.783. The van der Waals surface area contributed by atoms with Crippen molar-refractivity contribution in [3.8, 4) is 33.8 Å². The molecule has 729 valence electrons. The number of pyridine rings is 5. The molecule has 5 aromatic heterocycles. The van der Waals surface area contributed by atoms with Crippen LogP contribution in [0.1, 0.15) is 288 Å². The van der Waals surface area contributed by atoms with Gasteiger partial charge in [0, 0.05) is 160 Å². The molecule has 8 aromatic carbocycles. The molecule has 0 unspecified atom stereocenters. The number of benzene rings is 8. The average molecular weight is 2350 g/mol. The first-order valence-corrected chi connectivity index (χ1v) is 49.0. The molecule has 0 aliphatic carbocycles. The molecule has 0 aliphatic rings. The van der Waals surface area contributed by atoms with Gasteiger partial charge in [0.1, 0.15) is 0 Å². The largest absolute Gasteiger partial charge is 0.512 e. The van der Waals surface area contributed by atoms with E-state index in [0.29, 0.717) is 0 Å². The summed E-state index contributed by atoms with van der Waals surface area (Å²) in [5.41, 5.74) is 18.6. The second-order valence-electron chi connectivity index (χ2n) is 40.8. The minimum atomic E-state index is 0. The molecular weight excluding hydrogens is 2200 g/mol. The van der Waals surface area contributed by atoms with Crippen LogP contribution in [0.4, 0.5) is 0 Å². The van der Waals surface area contributed by atoms with Crippen molar-refractivity contribution in [2.75, 3.05) is 0 Å². The Morgan fingerprint density at radius 1 is 0.333 bits per heavy atom. The third-order valence-electron chi connectivity index (χ3n) is 25.2. The molecule has 0 saturated carbocycles. The van der Waals surface area contributed by atoms with Gasteiger partial charge in [-0.1, -0.05) is 278 Å². The minimum Gasteiger partial charge on any atom is -0.512 e. The van der Waals surface area contributed by atoms with Crippen molar-refractivity contribution in [2.24, 2.45) is 51.8 Å². The van der Waals surface area contributed by atoms with Gasteiger partial charge >= 0.3 is 0 Å². The van der Waals surface area contributed by atoms with E-state index in [2.05, 4.69) is 281 Å². The number of aromatic nitrogens is 5. The second kappa shape index (κ2) is 53.7. The molecule has 3 radical (unpaired) electrons. The smallest absolute Gasteiger partial charge is 0.162 e. The van der Waals surface area contributed by atoms with Crippen LogP contribution in [0.5, 0.6) is 0 Å². The number of fused-ring (bicyclic) bond motifs is 10. The van der Waals surface area contributed by atoms with Crippen molar-refractivity contribution in [3.05, 3.63) is 269 Å². The van der Waals surface area contributed by atoms with Gasteiger partial charge in [-0.05, 0) is 220 Å². The molecule has 0 aliphatic heterocycles. The molecule has 0 spiro atoms. The number of hydrogen-bond donors (Lipinski definition) is 3. The van der Waals surface area contributed by atoms with E-state index in [-0.39, 0.29) is 152 Å². The summed E-state index contributed by atoms with van der Waals surface area (Å²) in [6.07, 6.45) is 23.4. The van der Waals surface area contributed by atoms with Gasteiger partial charge in [0.2, 0.25) is 0 Å². The predicted molar refractivity (Wildman–Crippen MR) is 562 cm³/mol. The van der Waals surface area contributed by atoms with Gasteiger partial charge in [0.05, 0.1) is 28.3 Å². The summed E-state index contributed by atoms with van der Waals surface area (Å²) in [7, 11) is 0. The molecular formula is C121H154Ir3N5O6-3. The molecule has 3 N–H and O–H groups in total. The number of carbonyl (C=O) groups excluding carboxylic acids is 3. The Bertz CT molecular complexity index is 6020.